The maximum absolute atomic E-state index is 13.0. The van der Waals surface area contributed by atoms with Gasteiger partial charge in [0.2, 0.25) is 0 Å². The van der Waals surface area contributed by atoms with E-state index in [2.05, 4.69) is 0 Å². The zero-order valence-corrected chi connectivity index (χ0v) is 9.81. The van der Waals surface area contributed by atoms with Crippen LogP contribution in [0.4, 0.5) is 8.78 Å². The van der Waals surface area contributed by atoms with Crippen molar-refractivity contribution in [1.82, 2.24) is 4.90 Å². The molecule has 2 rings (SSSR count). The molecule has 0 bridgehead atoms. The molecule has 1 N–H and O–H groups in total. The highest BCUT2D eigenvalue weighted by atomic mass is 19.1. The Morgan fingerprint density at radius 2 is 1.89 bits per heavy atom. The van der Waals surface area contributed by atoms with Gasteiger partial charge in [-0.1, -0.05) is 0 Å². The van der Waals surface area contributed by atoms with E-state index < -0.39 is 29.6 Å². The lowest BCUT2D eigenvalue weighted by molar-refractivity contribution is -0.154. The zero-order chi connectivity index (χ0) is 14.0. The fourth-order valence-corrected chi connectivity index (χ4v) is 1.84. The summed E-state index contributed by atoms with van der Waals surface area (Å²) in [6.07, 6.45) is -1.11. The van der Waals surface area contributed by atoms with Gasteiger partial charge in [-0.3, -0.25) is 4.79 Å². The summed E-state index contributed by atoms with van der Waals surface area (Å²) in [5.41, 5.74) is -0.150. The second-order valence-corrected chi connectivity index (χ2v) is 4.11. The Labute approximate surface area is 107 Å². The first-order valence-corrected chi connectivity index (χ1v) is 5.57. The number of carboxylic acid groups (broad SMARTS) is 1. The van der Waals surface area contributed by atoms with E-state index in [4.69, 9.17) is 9.84 Å². The first-order valence-electron chi connectivity index (χ1n) is 5.57. The average molecular weight is 271 g/mol. The third-order valence-corrected chi connectivity index (χ3v) is 2.74. The standard InChI is InChI=1S/C12H11F2NO4/c13-8-3-7(4-9(14)5-8)11(16)15-1-2-19-10(6-15)12(17)18/h3-5,10H,1-2,6H2,(H,17,18). The van der Waals surface area contributed by atoms with E-state index in [1.165, 1.54) is 4.90 Å². The lowest BCUT2D eigenvalue weighted by Crippen LogP contribution is -2.48. The molecule has 1 aromatic carbocycles. The molecule has 0 aromatic heterocycles. The van der Waals surface area contributed by atoms with Crippen molar-refractivity contribution in [3.05, 3.63) is 35.4 Å². The van der Waals surface area contributed by atoms with Crippen LogP contribution in [0.3, 0.4) is 0 Å². The molecule has 0 spiro atoms. The van der Waals surface area contributed by atoms with Gasteiger partial charge in [-0.05, 0) is 12.1 Å². The molecule has 1 aromatic rings. The van der Waals surface area contributed by atoms with Gasteiger partial charge >= 0.3 is 5.97 Å². The third-order valence-electron chi connectivity index (χ3n) is 2.74. The summed E-state index contributed by atoms with van der Waals surface area (Å²) in [7, 11) is 0. The monoisotopic (exact) mass is 271 g/mol. The van der Waals surface area contributed by atoms with Crippen LogP contribution < -0.4 is 0 Å². The van der Waals surface area contributed by atoms with Crippen molar-refractivity contribution in [2.24, 2.45) is 0 Å². The quantitative estimate of drug-likeness (QED) is 0.867. The number of hydrogen-bond donors (Lipinski definition) is 1. The van der Waals surface area contributed by atoms with Crippen molar-refractivity contribution >= 4 is 11.9 Å². The third kappa shape index (κ3) is 3.05. The molecular weight excluding hydrogens is 260 g/mol. The minimum Gasteiger partial charge on any atom is -0.479 e. The van der Waals surface area contributed by atoms with Crippen molar-refractivity contribution in [3.8, 4) is 0 Å². The zero-order valence-electron chi connectivity index (χ0n) is 9.81. The van der Waals surface area contributed by atoms with E-state index in [-0.39, 0.29) is 25.3 Å². The molecular formula is C12H11F2NO4. The first kappa shape index (κ1) is 13.4. The fraction of sp³-hybridized carbons (Fsp3) is 0.333. The van der Waals surface area contributed by atoms with Crippen molar-refractivity contribution in [2.45, 2.75) is 6.10 Å². The Balaban J connectivity index is 2.16. The lowest BCUT2D eigenvalue weighted by atomic mass is 10.1. The van der Waals surface area contributed by atoms with Crippen molar-refractivity contribution < 1.29 is 28.2 Å². The molecule has 1 aliphatic heterocycles. The van der Waals surface area contributed by atoms with Crippen molar-refractivity contribution in [3.63, 3.8) is 0 Å². The van der Waals surface area contributed by atoms with Crippen molar-refractivity contribution in [1.29, 1.82) is 0 Å². The van der Waals surface area contributed by atoms with Crippen LogP contribution in [0.1, 0.15) is 10.4 Å². The van der Waals surface area contributed by atoms with Gasteiger partial charge in [-0.15, -0.1) is 0 Å². The molecule has 1 saturated heterocycles. The van der Waals surface area contributed by atoms with E-state index in [1.807, 2.05) is 0 Å². The van der Waals surface area contributed by atoms with E-state index in [9.17, 15) is 18.4 Å². The maximum atomic E-state index is 13.0. The molecule has 1 fully saturated rings. The van der Waals surface area contributed by atoms with Gasteiger partial charge in [0.25, 0.3) is 5.91 Å². The molecule has 102 valence electrons. The summed E-state index contributed by atoms with van der Waals surface area (Å²) in [6.45, 7) is 0.105. The molecule has 1 atom stereocenters. The predicted octanol–water partition coefficient (Wildman–Crippen LogP) is 0.890. The highest BCUT2D eigenvalue weighted by Gasteiger charge is 2.29. The van der Waals surface area contributed by atoms with E-state index in [1.54, 1.807) is 0 Å². The topological polar surface area (TPSA) is 66.8 Å². The molecule has 7 heteroatoms. The number of nitrogens with zero attached hydrogens (tertiary/aromatic N) is 1. The highest BCUT2D eigenvalue weighted by Crippen LogP contribution is 2.13. The van der Waals surface area contributed by atoms with E-state index in [0.29, 0.717) is 6.07 Å². The highest BCUT2D eigenvalue weighted by molar-refractivity contribution is 5.94. The Morgan fingerprint density at radius 1 is 1.26 bits per heavy atom. The Morgan fingerprint density at radius 3 is 2.47 bits per heavy atom. The van der Waals surface area contributed by atoms with Crippen molar-refractivity contribution in [2.75, 3.05) is 19.7 Å². The summed E-state index contributed by atoms with van der Waals surface area (Å²) >= 11 is 0. The SMILES string of the molecule is O=C(O)C1CN(C(=O)c2cc(F)cc(F)c2)CCO1. The molecule has 0 radical (unpaired) electrons. The number of halogens is 2. The number of ether oxygens (including phenoxy) is 1. The van der Waals surface area contributed by atoms with Crippen LogP contribution in [0, 0.1) is 11.6 Å². The average Bonchev–Trinajstić information content (AvgIpc) is 2.37. The molecule has 19 heavy (non-hydrogen) atoms. The van der Waals surface area contributed by atoms with Gasteiger partial charge in [-0.25, -0.2) is 13.6 Å². The van der Waals surface area contributed by atoms with Crippen LogP contribution in [0.25, 0.3) is 0 Å². The number of carboxylic acids is 1. The lowest BCUT2D eigenvalue weighted by Gasteiger charge is -2.30. The molecule has 1 unspecified atom stereocenters. The number of carbonyl (C=O) groups excluding carboxylic acids is 1. The molecule has 1 amide bonds. The summed E-state index contributed by atoms with van der Waals surface area (Å²) in [5.74, 6) is -3.51. The number of aliphatic carboxylic acids is 1. The summed E-state index contributed by atoms with van der Waals surface area (Å²) < 4.78 is 31.0. The van der Waals surface area contributed by atoms with Crippen LogP contribution in [0.5, 0.6) is 0 Å². The van der Waals surface area contributed by atoms with Crippen LogP contribution in [0.2, 0.25) is 0 Å². The second-order valence-electron chi connectivity index (χ2n) is 4.11. The second kappa shape index (κ2) is 5.31. The number of hydrogen-bond acceptors (Lipinski definition) is 3. The molecule has 1 aliphatic rings. The van der Waals surface area contributed by atoms with Gasteiger partial charge in [0.05, 0.1) is 13.2 Å². The normalized spacial score (nSPS) is 19.3. The van der Waals surface area contributed by atoms with Gasteiger partial charge in [0.15, 0.2) is 6.10 Å². The smallest absolute Gasteiger partial charge is 0.334 e. The predicted molar refractivity (Wildman–Crippen MR) is 59.6 cm³/mol. The number of amides is 1. The number of morpholine rings is 1. The summed E-state index contributed by atoms with van der Waals surface area (Å²) in [5, 5.41) is 8.81. The number of carbonyl (C=O) groups is 2. The largest absolute Gasteiger partial charge is 0.479 e. The van der Waals surface area contributed by atoms with Gasteiger partial charge in [-0.2, -0.15) is 0 Å². The van der Waals surface area contributed by atoms with Crippen LogP contribution in [-0.4, -0.2) is 47.7 Å². The summed E-state index contributed by atoms with van der Waals surface area (Å²) in [4.78, 5) is 24.0. The van der Waals surface area contributed by atoms with Crippen LogP contribution in [0.15, 0.2) is 18.2 Å². The minimum absolute atomic E-state index is 0.0699. The Kier molecular flexibility index (Phi) is 3.75. The molecule has 0 saturated carbocycles. The van der Waals surface area contributed by atoms with Crippen LogP contribution in [-0.2, 0) is 9.53 Å². The molecule has 0 aliphatic carbocycles. The molecule has 5 nitrogen and oxygen atoms in total. The summed E-state index contributed by atoms with van der Waals surface area (Å²) in [6, 6.07) is 2.49. The fourth-order valence-electron chi connectivity index (χ4n) is 1.84. The maximum Gasteiger partial charge on any atom is 0.334 e. The Bertz CT molecular complexity index is 500. The number of benzene rings is 1. The van der Waals surface area contributed by atoms with Gasteiger partial charge < -0.3 is 14.7 Å². The first-order chi connectivity index (χ1) is 8.97. The van der Waals surface area contributed by atoms with Gasteiger partial charge in [0, 0.05) is 18.2 Å². The van der Waals surface area contributed by atoms with Crippen LogP contribution >= 0.6 is 0 Å². The van der Waals surface area contributed by atoms with Gasteiger partial charge in [0.1, 0.15) is 11.6 Å². The minimum atomic E-state index is -1.18. The number of rotatable bonds is 2. The van der Waals surface area contributed by atoms with E-state index in [0.717, 1.165) is 12.1 Å². The molecule has 1 heterocycles. The van der Waals surface area contributed by atoms with E-state index >= 15 is 0 Å². The Hall–Kier alpha value is -2.02.